The maximum absolute atomic E-state index is 11.9. The van der Waals surface area contributed by atoms with Crippen LogP contribution in [0.2, 0.25) is 0 Å². The molecule has 1 aromatic heterocycles. The van der Waals surface area contributed by atoms with Crippen LogP contribution in [0.4, 0.5) is 0 Å². The van der Waals surface area contributed by atoms with Crippen LogP contribution >= 0.6 is 0 Å². The number of aryl methyl sites for hydroxylation is 1. The molecule has 7 heteroatoms. The lowest BCUT2D eigenvalue weighted by Crippen LogP contribution is -2.24. The summed E-state index contributed by atoms with van der Waals surface area (Å²) in [6.07, 6.45) is 3.16. The average Bonchev–Trinajstić information content (AvgIpc) is 2.71. The van der Waals surface area contributed by atoms with E-state index in [2.05, 4.69) is 4.72 Å². The Kier molecular flexibility index (Phi) is 5.80. The predicted octanol–water partition coefficient (Wildman–Crippen LogP) is 0.189. The molecule has 0 saturated heterocycles. The van der Waals surface area contributed by atoms with Crippen molar-refractivity contribution in [1.29, 1.82) is 0 Å². The van der Waals surface area contributed by atoms with Gasteiger partial charge in [-0.3, -0.25) is 0 Å². The molecule has 3 N–H and O–H groups in total. The number of rotatable bonds is 8. The standard InChI is InChI=1S/C11H21N3O3S/c1-14-9-11(7-10(14)8-12)18(15,16)13-5-3-4-6-17-2/h7,9,13H,3-6,8,12H2,1-2H3. The van der Waals surface area contributed by atoms with E-state index in [4.69, 9.17) is 10.5 Å². The van der Waals surface area contributed by atoms with Crippen molar-refractivity contribution in [3.8, 4) is 0 Å². The molecule has 0 spiro atoms. The Morgan fingerprint density at radius 2 is 2.17 bits per heavy atom. The summed E-state index contributed by atoms with van der Waals surface area (Å²) in [5.41, 5.74) is 6.30. The second kappa shape index (κ2) is 6.89. The summed E-state index contributed by atoms with van der Waals surface area (Å²) < 4.78 is 33.1. The Bertz CT molecular complexity index is 468. The van der Waals surface area contributed by atoms with Crippen molar-refractivity contribution in [1.82, 2.24) is 9.29 Å². The van der Waals surface area contributed by atoms with Crippen molar-refractivity contribution in [3.05, 3.63) is 18.0 Å². The van der Waals surface area contributed by atoms with E-state index < -0.39 is 10.0 Å². The number of nitrogens with two attached hydrogens (primary N) is 1. The Morgan fingerprint density at radius 1 is 1.44 bits per heavy atom. The third kappa shape index (κ3) is 4.09. The molecular formula is C11H21N3O3S. The summed E-state index contributed by atoms with van der Waals surface area (Å²) in [5.74, 6) is 0. The molecule has 1 aromatic rings. The second-order valence-electron chi connectivity index (χ2n) is 4.08. The summed E-state index contributed by atoms with van der Waals surface area (Å²) in [5, 5.41) is 0. The van der Waals surface area contributed by atoms with E-state index in [0.717, 1.165) is 18.5 Å². The van der Waals surface area contributed by atoms with Crippen LogP contribution in [0.15, 0.2) is 17.2 Å². The van der Waals surface area contributed by atoms with Crippen LogP contribution in [0.25, 0.3) is 0 Å². The van der Waals surface area contributed by atoms with Gasteiger partial charge in [0.05, 0.1) is 4.90 Å². The fourth-order valence-electron chi connectivity index (χ4n) is 1.59. The zero-order valence-electron chi connectivity index (χ0n) is 10.8. The molecule has 0 amide bonds. The summed E-state index contributed by atoms with van der Waals surface area (Å²) in [6, 6.07) is 1.59. The van der Waals surface area contributed by atoms with Crippen LogP contribution in [0.5, 0.6) is 0 Å². The van der Waals surface area contributed by atoms with Crippen LogP contribution < -0.4 is 10.5 Å². The van der Waals surface area contributed by atoms with Gasteiger partial charge in [-0.05, 0) is 18.9 Å². The minimum atomic E-state index is -3.43. The van der Waals surface area contributed by atoms with Gasteiger partial charge in [0.1, 0.15) is 0 Å². The highest BCUT2D eigenvalue weighted by molar-refractivity contribution is 7.89. The van der Waals surface area contributed by atoms with Gasteiger partial charge in [0.25, 0.3) is 0 Å². The summed E-state index contributed by atoms with van der Waals surface area (Å²) in [6.45, 7) is 1.38. The van der Waals surface area contributed by atoms with Crippen molar-refractivity contribution in [2.24, 2.45) is 12.8 Å². The van der Waals surface area contributed by atoms with Crippen LogP contribution in [-0.2, 0) is 28.4 Å². The summed E-state index contributed by atoms with van der Waals surface area (Å²) in [4.78, 5) is 0.261. The van der Waals surface area contributed by atoms with Crippen molar-refractivity contribution in [2.75, 3.05) is 20.3 Å². The van der Waals surface area contributed by atoms with E-state index >= 15 is 0 Å². The maximum Gasteiger partial charge on any atom is 0.242 e. The Morgan fingerprint density at radius 3 is 2.72 bits per heavy atom. The topological polar surface area (TPSA) is 86.3 Å². The average molecular weight is 275 g/mol. The Balaban J connectivity index is 2.57. The Labute approximate surface area is 108 Å². The number of hydrogen-bond acceptors (Lipinski definition) is 4. The molecule has 0 unspecified atom stereocenters. The van der Waals surface area contributed by atoms with Gasteiger partial charge in [0.15, 0.2) is 0 Å². The van der Waals surface area contributed by atoms with E-state index in [1.54, 1.807) is 31.0 Å². The van der Waals surface area contributed by atoms with Crippen molar-refractivity contribution < 1.29 is 13.2 Å². The highest BCUT2D eigenvalue weighted by Gasteiger charge is 2.16. The molecule has 18 heavy (non-hydrogen) atoms. The molecular weight excluding hydrogens is 254 g/mol. The fourth-order valence-corrected chi connectivity index (χ4v) is 2.76. The molecule has 104 valence electrons. The van der Waals surface area contributed by atoms with Gasteiger partial charge in [0.2, 0.25) is 10.0 Å². The molecule has 1 rings (SSSR count). The van der Waals surface area contributed by atoms with Crippen LogP contribution in [0, 0.1) is 0 Å². The molecule has 6 nitrogen and oxygen atoms in total. The molecule has 1 heterocycles. The normalized spacial score (nSPS) is 11.9. The smallest absolute Gasteiger partial charge is 0.242 e. The molecule has 0 aliphatic heterocycles. The third-order valence-electron chi connectivity index (χ3n) is 2.67. The lowest BCUT2D eigenvalue weighted by Gasteiger charge is -2.04. The second-order valence-corrected chi connectivity index (χ2v) is 5.85. The summed E-state index contributed by atoms with van der Waals surface area (Å²) in [7, 11) is -0.0214. The van der Waals surface area contributed by atoms with E-state index in [1.165, 1.54) is 0 Å². The van der Waals surface area contributed by atoms with Crippen LogP contribution in [0.3, 0.4) is 0 Å². The number of nitrogens with zero attached hydrogens (tertiary/aromatic N) is 1. The van der Waals surface area contributed by atoms with Crippen LogP contribution in [0.1, 0.15) is 18.5 Å². The molecule has 0 saturated carbocycles. The first-order valence-electron chi connectivity index (χ1n) is 5.85. The number of sulfonamides is 1. The first kappa shape index (κ1) is 15.2. The van der Waals surface area contributed by atoms with Gasteiger partial charge in [-0.25, -0.2) is 13.1 Å². The minimum absolute atomic E-state index is 0.261. The number of unbranched alkanes of at least 4 members (excludes halogenated alkanes) is 1. The third-order valence-corrected chi connectivity index (χ3v) is 4.10. The van der Waals surface area contributed by atoms with Gasteiger partial charge < -0.3 is 15.0 Å². The monoisotopic (exact) mass is 275 g/mol. The van der Waals surface area contributed by atoms with Gasteiger partial charge >= 0.3 is 0 Å². The molecule has 0 atom stereocenters. The highest BCUT2D eigenvalue weighted by Crippen LogP contribution is 2.12. The molecule has 0 fully saturated rings. The molecule has 0 bridgehead atoms. The Hall–Kier alpha value is -0.890. The molecule has 0 radical (unpaired) electrons. The first-order valence-corrected chi connectivity index (χ1v) is 7.33. The lowest BCUT2D eigenvalue weighted by atomic mass is 10.3. The zero-order chi connectivity index (χ0) is 13.6. The van der Waals surface area contributed by atoms with Crippen LogP contribution in [-0.4, -0.2) is 33.2 Å². The van der Waals surface area contributed by atoms with Gasteiger partial charge in [-0.1, -0.05) is 0 Å². The van der Waals surface area contributed by atoms with Crippen molar-refractivity contribution >= 4 is 10.0 Å². The minimum Gasteiger partial charge on any atom is -0.385 e. The largest absolute Gasteiger partial charge is 0.385 e. The SMILES string of the molecule is COCCCCNS(=O)(=O)c1cc(CN)n(C)c1. The van der Waals surface area contributed by atoms with Gasteiger partial charge in [-0.2, -0.15) is 0 Å². The number of hydrogen-bond donors (Lipinski definition) is 2. The fraction of sp³-hybridized carbons (Fsp3) is 0.636. The van der Waals surface area contributed by atoms with E-state index in [1.807, 2.05) is 0 Å². The van der Waals surface area contributed by atoms with Crippen molar-refractivity contribution in [3.63, 3.8) is 0 Å². The molecule has 0 aliphatic carbocycles. The van der Waals surface area contributed by atoms with E-state index in [-0.39, 0.29) is 4.90 Å². The maximum atomic E-state index is 11.9. The predicted molar refractivity (Wildman–Crippen MR) is 69.6 cm³/mol. The number of ether oxygens (including phenoxy) is 1. The molecule has 0 aromatic carbocycles. The van der Waals surface area contributed by atoms with Crippen molar-refractivity contribution in [2.45, 2.75) is 24.3 Å². The number of aromatic nitrogens is 1. The van der Waals surface area contributed by atoms with E-state index in [0.29, 0.717) is 19.7 Å². The lowest BCUT2D eigenvalue weighted by molar-refractivity contribution is 0.193. The van der Waals surface area contributed by atoms with Gasteiger partial charge in [0, 0.05) is 45.7 Å². The first-order chi connectivity index (χ1) is 8.51. The van der Waals surface area contributed by atoms with Gasteiger partial charge in [-0.15, -0.1) is 0 Å². The number of nitrogens with one attached hydrogen (secondary N) is 1. The quantitative estimate of drug-likeness (QED) is 0.663. The molecule has 0 aliphatic rings. The highest BCUT2D eigenvalue weighted by atomic mass is 32.2. The summed E-state index contributed by atoms with van der Waals surface area (Å²) >= 11 is 0. The van der Waals surface area contributed by atoms with E-state index in [9.17, 15) is 8.42 Å². The number of methoxy groups -OCH3 is 1. The zero-order valence-corrected chi connectivity index (χ0v) is 11.7.